The van der Waals surface area contributed by atoms with Crippen LogP contribution in [-0.4, -0.2) is 65.4 Å². The minimum atomic E-state index is -0.482. The quantitative estimate of drug-likeness (QED) is 0.421. The number of carbonyl (C=O) groups excluding carboxylic acids is 3. The number of carbonyl (C=O) groups is 3. The van der Waals surface area contributed by atoms with Gasteiger partial charge in [-0.25, -0.2) is 9.37 Å². The van der Waals surface area contributed by atoms with Crippen molar-refractivity contribution in [2.45, 2.75) is 44.3 Å². The third-order valence-corrected chi connectivity index (χ3v) is 8.04. The van der Waals surface area contributed by atoms with Crippen molar-refractivity contribution in [3.05, 3.63) is 51.4 Å². The lowest BCUT2D eigenvalue weighted by Gasteiger charge is -2.35. The standard InChI is InChI=1S/C25H28FN5O4S.ClH/c1-31-8-7-18-21(12-31)36-24(30-18)23(33)29-19-10-13(25(34)35-2)3-5-17(19)28-22(32)20-11-14-9-15(26)4-6-16(14)27-20;/h4,6,9,11,13,17,19,27H,3,5,7-8,10,12H2,1-2H3,(H,28,32)(H,29,33);1H. The Kier molecular flexibility index (Phi) is 8.15. The molecule has 1 saturated carbocycles. The third-order valence-electron chi connectivity index (χ3n) is 6.96. The Morgan fingerprint density at radius 2 is 1.95 bits per heavy atom. The van der Waals surface area contributed by atoms with Crippen LogP contribution in [0, 0.1) is 11.7 Å². The molecule has 9 nitrogen and oxygen atoms in total. The number of amides is 2. The Labute approximate surface area is 223 Å². The molecule has 5 rings (SSSR count). The smallest absolute Gasteiger partial charge is 0.308 e. The highest BCUT2D eigenvalue weighted by molar-refractivity contribution is 7.13. The van der Waals surface area contributed by atoms with Crippen LogP contribution in [0.5, 0.6) is 0 Å². The summed E-state index contributed by atoms with van der Waals surface area (Å²) in [6.45, 7) is 1.66. The van der Waals surface area contributed by atoms with Gasteiger partial charge in [0.05, 0.1) is 24.8 Å². The summed E-state index contributed by atoms with van der Waals surface area (Å²) in [7, 11) is 3.38. The van der Waals surface area contributed by atoms with Crippen LogP contribution in [0.25, 0.3) is 10.9 Å². The second-order valence-corrected chi connectivity index (χ2v) is 10.6. The molecule has 1 aromatic carbocycles. The molecule has 3 aromatic rings. The van der Waals surface area contributed by atoms with Gasteiger partial charge in [0.2, 0.25) is 0 Å². The lowest BCUT2D eigenvalue weighted by Crippen LogP contribution is -2.55. The van der Waals surface area contributed by atoms with Crippen molar-refractivity contribution in [2.24, 2.45) is 5.92 Å². The van der Waals surface area contributed by atoms with Crippen molar-refractivity contribution in [3.63, 3.8) is 0 Å². The van der Waals surface area contributed by atoms with Crippen molar-refractivity contribution in [2.75, 3.05) is 20.7 Å². The second kappa shape index (κ2) is 11.2. The van der Waals surface area contributed by atoms with E-state index >= 15 is 0 Å². The number of thiazole rings is 1. The monoisotopic (exact) mass is 549 g/mol. The Morgan fingerprint density at radius 3 is 2.73 bits per heavy atom. The van der Waals surface area contributed by atoms with E-state index in [1.54, 1.807) is 12.1 Å². The average molecular weight is 550 g/mol. The van der Waals surface area contributed by atoms with E-state index in [1.807, 2.05) is 7.05 Å². The summed E-state index contributed by atoms with van der Waals surface area (Å²) in [4.78, 5) is 49.3. The van der Waals surface area contributed by atoms with Gasteiger partial charge in [0.15, 0.2) is 5.01 Å². The highest BCUT2D eigenvalue weighted by atomic mass is 35.5. The van der Waals surface area contributed by atoms with Crippen molar-refractivity contribution >= 4 is 52.4 Å². The fraction of sp³-hybridized carbons (Fsp3) is 0.440. The molecular formula is C25H29ClFN5O4S. The fourth-order valence-corrected chi connectivity index (χ4v) is 6.10. The molecule has 2 amide bonds. The zero-order chi connectivity index (χ0) is 25.4. The van der Waals surface area contributed by atoms with Gasteiger partial charge in [-0.05, 0) is 50.6 Å². The molecule has 3 heterocycles. The third kappa shape index (κ3) is 5.78. The Balaban J connectivity index is 0.00000320. The van der Waals surface area contributed by atoms with E-state index in [1.165, 1.54) is 30.6 Å². The maximum atomic E-state index is 13.6. The van der Waals surface area contributed by atoms with Gasteiger partial charge in [0, 0.05) is 41.3 Å². The van der Waals surface area contributed by atoms with Crippen LogP contribution >= 0.6 is 23.7 Å². The van der Waals surface area contributed by atoms with Crippen molar-refractivity contribution in [3.8, 4) is 0 Å². The second-order valence-electron chi connectivity index (χ2n) is 9.48. The van der Waals surface area contributed by atoms with E-state index in [9.17, 15) is 18.8 Å². The first-order chi connectivity index (χ1) is 17.3. The molecule has 0 saturated heterocycles. The molecule has 3 atom stereocenters. The van der Waals surface area contributed by atoms with Gasteiger partial charge in [-0.1, -0.05) is 0 Å². The number of benzene rings is 1. The molecule has 12 heteroatoms. The van der Waals surface area contributed by atoms with Crippen LogP contribution in [-0.2, 0) is 22.5 Å². The van der Waals surface area contributed by atoms with Crippen molar-refractivity contribution in [1.82, 2.24) is 25.5 Å². The molecule has 1 aliphatic carbocycles. The number of ether oxygens (including phenoxy) is 1. The number of likely N-dealkylation sites (N-methyl/N-ethyl adjacent to an activating group) is 1. The molecule has 37 heavy (non-hydrogen) atoms. The number of fused-ring (bicyclic) bond motifs is 2. The Bertz CT molecular complexity index is 1330. The maximum Gasteiger partial charge on any atom is 0.308 e. The molecule has 0 bridgehead atoms. The number of hydrogen-bond acceptors (Lipinski definition) is 7. The molecule has 0 spiro atoms. The molecule has 3 unspecified atom stereocenters. The molecule has 3 N–H and O–H groups in total. The van der Waals surface area contributed by atoms with Crippen LogP contribution in [0.4, 0.5) is 4.39 Å². The summed E-state index contributed by atoms with van der Waals surface area (Å²) in [5.74, 6) is -1.76. The molecule has 2 aromatic heterocycles. The number of nitrogens with one attached hydrogen (secondary N) is 3. The minimum Gasteiger partial charge on any atom is -0.469 e. The number of halogens is 2. The van der Waals surface area contributed by atoms with Gasteiger partial charge in [0.1, 0.15) is 11.5 Å². The van der Waals surface area contributed by atoms with Gasteiger partial charge in [-0.3, -0.25) is 14.4 Å². The first-order valence-corrected chi connectivity index (χ1v) is 12.8. The van der Waals surface area contributed by atoms with E-state index < -0.39 is 12.1 Å². The van der Waals surface area contributed by atoms with E-state index in [2.05, 4.69) is 25.5 Å². The number of esters is 1. The lowest BCUT2D eigenvalue weighted by atomic mass is 9.82. The Hall–Kier alpha value is -3.02. The normalized spacial score (nSPS) is 21.5. The molecule has 1 aliphatic heterocycles. The van der Waals surface area contributed by atoms with Crippen LogP contribution in [0.3, 0.4) is 0 Å². The number of rotatable bonds is 5. The number of nitrogens with zero attached hydrogens (tertiary/aromatic N) is 2. The number of aromatic nitrogens is 2. The lowest BCUT2D eigenvalue weighted by molar-refractivity contribution is -0.146. The van der Waals surface area contributed by atoms with Crippen LogP contribution < -0.4 is 10.6 Å². The van der Waals surface area contributed by atoms with E-state index in [0.29, 0.717) is 40.9 Å². The predicted molar refractivity (Wildman–Crippen MR) is 140 cm³/mol. The van der Waals surface area contributed by atoms with E-state index in [4.69, 9.17) is 4.74 Å². The molecule has 2 aliphatic rings. The van der Waals surface area contributed by atoms with Crippen LogP contribution in [0.1, 0.15) is 50.1 Å². The topological polar surface area (TPSA) is 116 Å². The van der Waals surface area contributed by atoms with Gasteiger partial charge in [0.25, 0.3) is 11.8 Å². The largest absolute Gasteiger partial charge is 0.469 e. The first kappa shape index (κ1) is 27.0. The average Bonchev–Trinajstić information content (AvgIpc) is 3.48. The summed E-state index contributed by atoms with van der Waals surface area (Å²) in [5, 5.41) is 7.00. The molecular weight excluding hydrogens is 521 g/mol. The van der Waals surface area contributed by atoms with Crippen LogP contribution in [0.15, 0.2) is 24.3 Å². The summed E-state index contributed by atoms with van der Waals surface area (Å²) in [5.41, 5.74) is 1.91. The zero-order valence-corrected chi connectivity index (χ0v) is 22.1. The number of aromatic amines is 1. The van der Waals surface area contributed by atoms with Gasteiger partial charge in [-0.2, -0.15) is 0 Å². The molecule has 198 valence electrons. The SMILES string of the molecule is COC(=O)C1CCC(NC(=O)c2cc3cc(F)ccc3[nH]2)C(NC(=O)c2nc3c(s2)CN(C)CC3)C1.Cl. The van der Waals surface area contributed by atoms with E-state index in [0.717, 1.165) is 30.1 Å². The Morgan fingerprint density at radius 1 is 1.16 bits per heavy atom. The minimum absolute atomic E-state index is 0. The highest BCUT2D eigenvalue weighted by Crippen LogP contribution is 2.28. The number of hydrogen-bond donors (Lipinski definition) is 3. The van der Waals surface area contributed by atoms with Gasteiger partial charge in [-0.15, -0.1) is 23.7 Å². The van der Waals surface area contributed by atoms with Gasteiger partial charge < -0.3 is 25.3 Å². The zero-order valence-electron chi connectivity index (χ0n) is 20.5. The predicted octanol–water partition coefficient (Wildman–Crippen LogP) is 3.04. The molecule has 1 fully saturated rings. The summed E-state index contributed by atoms with van der Waals surface area (Å²) < 4.78 is 18.5. The summed E-state index contributed by atoms with van der Waals surface area (Å²) in [6, 6.07) is 4.99. The van der Waals surface area contributed by atoms with Crippen LogP contribution in [0.2, 0.25) is 0 Å². The highest BCUT2D eigenvalue weighted by Gasteiger charge is 2.37. The van der Waals surface area contributed by atoms with E-state index in [-0.39, 0.29) is 41.9 Å². The summed E-state index contributed by atoms with van der Waals surface area (Å²) >= 11 is 1.38. The molecule has 0 radical (unpaired) electrons. The first-order valence-electron chi connectivity index (χ1n) is 12.0. The number of H-pyrrole nitrogens is 1. The maximum absolute atomic E-state index is 13.6. The fourth-order valence-electron chi connectivity index (χ4n) is 5.01. The number of methoxy groups -OCH3 is 1. The summed E-state index contributed by atoms with van der Waals surface area (Å²) in [6.07, 6.45) is 2.16. The van der Waals surface area contributed by atoms with Crippen molar-refractivity contribution < 1.29 is 23.5 Å². The van der Waals surface area contributed by atoms with Crippen molar-refractivity contribution in [1.29, 1.82) is 0 Å². The van der Waals surface area contributed by atoms with Gasteiger partial charge >= 0.3 is 5.97 Å².